The quantitative estimate of drug-likeness (QED) is 0.639. The first kappa shape index (κ1) is 23.2. The third-order valence-electron chi connectivity index (χ3n) is 6.92. The Labute approximate surface area is 192 Å². The molecule has 0 aliphatic carbocycles. The summed E-state index contributed by atoms with van der Waals surface area (Å²) in [5.74, 6) is -0.840. The molecule has 2 aromatic rings. The van der Waals surface area contributed by atoms with Crippen molar-refractivity contribution >= 4 is 17.7 Å². The third-order valence-corrected chi connectivity index (χ3v) is 6.92. The number of carbonyl (C=O) groups is 2. The molecule has 2 amide bonds. The van der Waals surface area contributed by atoms with E-state index in [9.17, 15) is 24.2 Å². The third kappa shape index (κ3) is 4.58. The monoisotopic (exact) mass is 456 g/mol. The molecule has 8 heteroatoms. The number of halogens is 1. The van der Waals surface area contributed by atoms with Gasteiger partial charge in [0.15, 0.2) is 0 Å². The second-order valence-corrected chi connectivity index (χ2v) is 9.54. The van der Waals surface area contributed by atoms with Crippen LogP contribution in [-0.2, 0) is 14.9 Å². The van der Waals surface area contributed by atoms with Crippen molar-refractivity contribution in [1.82, 2.24) is 4.90 Å². The number of aliphatic hydroxyl groups is 1. The van der Waals surface area contributed by atoms with Gasteiger partial charge >= 0.3 is 6.09 Å². The standard InChI is InChI=1S/C25H29FN2O5/c1-24(2,32)21-13-28(23(30)31)12-11-20(21)16-3-5-17(6-4-16)25(14-33-15-25)22(29)27-19-9-7-18(26)8-10-19/h3-10,20-21,32H,11-15H2,1-2H3,(H,27,29)(H,30,31). The van der Waals surface area contributed by atoms with Gasteiger partial charge in [-0.15, -0.1) is 0 Å². The molecule has 176 valence electrons. The van der Waals surface area contributed by atoms with E-state index in [2.05, 4.69) is 5.32 Å². The fourth-order valence-electron chi connectivity index (χ4n) is 4.81. The largest absolute Gasteiger partial charge is 0.465 e. The summed E-state index contributed by atoms with van der Waals surface area (Å²) in [6.45, 7) is 4.61. The molecule has 2 unspecified atom stereocenters. The molecule has 2 aliphatic heterocycles. The second kappa shape index (κ2) is 8.76. The van der Waals surface area contributed by atoms with Crippen molar-refractivity contribution in [2.45, 2.75) is 37.2 Å². The Morgan fingerprint density at radius 1 is 1.12 bits per heavy atom. The molecular weight excluding hydrogens is 427 g/mol. The summed E-state index contributed by atoms with van der Waals surface area (Å²) >= 11 is 0. The first-order valence-electron chi connectivity index (χ1n) is 11.1. The van der Waals surface area contributed by atoms with Gasteiger partial charge in [0.05, 0.1) is 18.8 Å². The van der Waals surface area contributed by atoms with E-state index in [1.807, 2.05) is 24.3 Å². The molecule has 0 spiro atoms. The zero-order valence-electron chi connectivity index (χ0n) is 18.8. The molecule has 0 radical (unpaired) electrons. The molecule has 2 atom stereocenters. The minimum Gasteiger partial charge on any atom is -0.465 e. The number of hydrogen-bond donors (Lipinski definition) is 3. The van der Waals surface area contributed by atoms with Crippen LogP contribution in [0.3, 0.4) is 0 Å². The molecule has 7 nitrogen and oxygen atoms in total. The average molecular weight is 457 g/mol. The number of amides is 2. The summed E-state index contributed by atoms with van der Waals surface area (Å²) in [5.41, 5.74) is 0.470. The summed E-state index contributed by atoms with van der Waals surface area (Å²) < 4.78 is 18.6. The summed E-state index contributed by atoms with van der Waals surface area (Å²) in [5, 5.41) is 23.0. The van der Waals surface area contributed by atoms with E-state index in [-0.39, 0.29) is 43.3 Å². The van der Waals surface area contributed by atoms with Gasteiger partial charge in [0.2, 0.25) is 5.91 Å². The highest BCUT2D eigenvalue weighted by Crippen LogP contribution is 2.41. The lowest BCUT2D eigenvalue weighted by Crippen LogP contribution is -2.55. The number of piperidine rings is 1. The Kier molecular flexibility index (Phi) is 6.16. The predicted octanol–water partition coefficient (Wildman–Crippen LogP) is 3.59. The van der Waals surface area contributed by atoms with E-state index >= 15 is 0 Å². The Balaban J connectivity index is 1.54. The van der Waals surface area contributed by atoms with E-state index in [1.165, 1.54) is 29.2 Å². The van der Waals surface area contributed by atoms with Gasteiger partial charge in [-0.25, -0.2) is 9.18 Å². The van der Waals surface area contributed by atoms with Gasteiger partial charge in [-0.2, -0.15) is 0 Å². The molecule has 2 aliphatic rings. The van der Waals surface area contributed by atoms with Crippen LogP contribution in [0.5, 0.6) is 0 Å². The molecule has 0 aromatic heterocycles. The van der Waals surface area contributed by atoms with Crippen LogP contribution in [0, 0.1) is 11.7 Å². The van der Waals surface area contributed by atoms with Crippen LogP contribution in [0.2, 0.25) is 0 Å². The van der Waals surface area contributed by atoms with Gasteiger partial charge in [-0.1, -0.05) is 24.3 Å². The maximum Gasteiger partial charge on any atom is 0.407 e. The van der Waals surface area contributed by atoms with Gasteiger partial charge in [-0.05, 0) is 61.6 Å². The van der Waals surface area contributed by atoms with Gasteiger partial charge < -0.3 is 25.2 Å². The molecule has 2 saturated heterocycles. The fourth-order valence-corrected chi connectivity index (χ4v) is 4.81. The van der Waals surface area contributed by atoms with Crippen molar-refractivity contribution in [3.05, 3.63) is 65.5 Å². The van der Waals surface area contributed by atoms with Crippen molar-refractivity contribution in [2.75, 3.05) is 31.6 Å². The number of anilines is 1. The Morgan fingerprint density at radius 3 is 2.27 bits per heavy atom. The number of nitrogens with zero attached hydrogens (tertiary/aromatic N) is 1. The summed E-state index contributed by atoms with van der Waals surface area (Å²) in [7, 11) is 0. The number of rotatable bonds is 5. The lowest BCUT2D eigenvalue weighted by molar-refractivity contribution is -0.139. The first-order chi connectivity index (χ1) is 15.6. The number of carboxylic acid groups (broad SMARTS) is 1. The number of hydrogen-bond acceptors (Lipinski definition) is 4. The van der Waals surface area contributed by atoms with Crippen molar-refractivity contribution in [1.29, 1.82) is 0 Å². The fraction of sp³-hybridized carbons (Fsp3) is 0.440. The van der Waals surface area contributed by atoms with Crippen LogP contribution in [0.1, 0.15) is 37.3 Å². The predicted molar refractivity (Wildman–Crippen MR) is 121 cm³/mol. The van der Waals surface area contributed by atoms with E-state index in [4.69, 9.17) is 4.74 Å². The second-order valence-electron chi connectivity index (χ2n) is 9.54. The van der Waals surface area contributed by atoms with Gasteiger partial charge in [0.25, 0.3) is 0 Å². The van der Waals surface area contributed by atoms with Crippen molar-refractivity contribution in [2.24, 2.45) is 5.92 Å². The summed E-state index contributed by atoms with van der Waals surface area (Å²) in [6.07, 6.45) is -0.364. The molecule has 0 bridgehead atoms. The number of likely N-dealkylation sites (tertiary alicyclic amines) is 1. The van der Waals surface area contributed by atoms with Gasteiger partial charge in [0, 0.05) is 24.7 Å². The van der Waals surface area contributed by atoms with Gasteiger partial charge in [0.1, 0.15) is 11.2 Å². The van der Waals surface area contributed by atoms with Gasteiger partial charge in [-0.3, -0.25) is 4.79 Å². The Hall–Kier alpha value is -2.97. The van der Waals surface area contributed by atoms with Crippen LogP contribution < -0.4 is 5.32 Å². The number of benzene rings is 2. The zero-order chi connectivity index (χ0) is 23.8. The molecule has 4 rings (SSSR count). The van der Waals surface area contributed by atoms with Crippen LogP contribution in [0.25, 0.3) is 0 Å². The number of ether oxygens (including phenoxy) is 1. The van der Waals surface area contributed by atoms with Crippen LogP contribution >= 0.6 is 0 Å². The highest BCUT2D eigenvalue weighted by Gasteiger charge is 2.48. The number of carbonyl (C=O) groups excluding carboxylic acids is 1. The minimum absolute atomic E-state index is 0.00344. The Morgan fingerprint density at radius 2 is 1.76 bits per heavy atom. The van der Waals surface area contributed by atoms with Crippen molar-refractivity contribution in [3.8, 4) is 0 Å². The SMILES string of the molecule is CC(C)(O)C1CN(C(=O)O)CCC1c1ccc(C2(C(=O)Nc3ccc(F)cc3)COC2)cc1. The van der Waals surface area contributed by atoms with Crippen LogP contribution in [0.15, 0.2) is 48.5 Å². The molecular formula is C25H29FN2O5. The topological polar surface area (TPSA) is 99.1 Å². The van der Waals surface area contributed by atoms with E-state index in [1.54, 1.807) is 13.8 Å². The summed E-state index contributed by atoms with van der Waals surface area (Å²) in [4.78, 5) is 25.9. The Bertz CT molecular complexity index is 1010. The lowest BCUT2D eigenvalue weighted by atomic mass is 9.71. The van der Waals surface area contributed by atoms with Crippen LogP contribution in [0.4, 0.5) is 14.9 Å². The smallest absolute Gasteiger partial charge is 0.407 e. The van der Waals surface area contributed by atoms with E-state index < -0.39 is 17.1 Å². The molecule has 0 saturated carbocycles. The maximum atomic E-state index is 13.2. The van der Waals surface area contributed by atoms with Crippen molar-refractivity contribution in [3.63, 3.8) is 0 Å². The highest BCUT2D eigenvalue weighted by atomic mass is 19.1. The van der Waals surface area contributed by atoms with E-state index in [0.717, 1.165) is 11.1 Å². The maximum absolute atomic E-state index is 13.2. The summed E-state index contributed by atoms with van der Waals surface area (Å²) in [6, 6.07) is 13.4. The van der Waals surface area contributed by atoms with E-state index in [0.29, 0.717) is 18.7 Å². The molecule has 2 aromatic carbocycles. The number of nitrogens with one attached hydrogen (secondary N) is 1. The molecule has 2 heterocycles. The normalized spacial score (nSPS) is 22.4. The van der Waals surface area contributed by atoms with Crippen LogP contribution in [-0.4, -0.2) is 59.0 Å². The average Bonchev–Trinajstić information content (AvgIpc) is 2.74. The zero-order valence-corrected chi connectivity index (χ0v) is 18.8. The molecule has 2 fully saturated rings. The first-order valence-corrected chi connectivity index (χ1v) is 11.1. The van der Waals surface area contributed by atoms with Crippen molar-refractivity contribution < 1.29 is 28.9 Å². The lowest BCUT2D eigenvalue weighted by Gasteiger charge is -2.43. The molecule has 33 heavy (non-hydrogen) atoms. The molecule has 3 N–H and O–H groups in total. The highest BCUT2D eigenvalue weighted by molar-refractivity contribution is 6.00. The minimum atomic E-state index is -1.05.